The molecule has 0 aliphatic carbocycles. The van der Waals surface area contributed by atoms with Crippen molar-refractivity contribution in [2.45, 2.75) is 11.4 Å². The summed E-state index contributed by atoms with van der Waals surface area (Å²) in [6, 6.07) is 19.4. The topological polar surface area (TPSA) is 87.3 Å². The molecule has 0 radical (unpaired) electrons. The van der Waals surface area contributed by atoms with Gasteiger partial charge in [0.15, 0.2) is 0 Å². The largest absolute Gasteiger partial charge is 0.351 e. The highest BCUT2D eigenvalue weighted by molar-refractivity contribution is 7.92. The van der Waals surface area contributed by atoms with Crippen molar-refractivity contribution < 1.29 is 13.2 Å². The summed E-state index contributed by atoms with van der Waals surface area (Å²) >= 11 is 0. The molecule has 0 unspecified atom stereocenters. The summed E-state index contributed by atoms with van der Waals surface area (Å²) < 4.78 is 27.9. The third-order valence-corrected chi connectivity index (χ3v) is 5.47. The predicted molar refractivity (Wildman–Crippen MR) is 107 cm³/mol. The smallest absolute Gasteiger partial charge is 0.261 e. The van der Waals surface area contributed by atoms with E-state index in [9.17, 15) is 13.2 Å². The van der Waals surface area contributed by atoms with Crippen LogP contribution < -0.4 is 15.4 Å². The zero-order chi connectivity index (χ0) is 19.3. The first-order valence-corrected chi connectivity index (χ1v) is 9.99. The average molecular weight is 383 g/mol. The monoisotopic (exact) mass is 383 g/mol. The van der Waals surface area contributed by atoms with Crippen LogP contribution in [-0.2, 0) is 21.4 Å². The lowest BCUT2D eigenvalue weighted by atomic mass is 10.0. The summed E-state index contributed by atoms with van der Waals surface area (Å²) in [5.74, 6) is -0.0965. The standard InChI is InChI=1S/C20H21N3O3S/c1-21-14-20(24)22-13-16-7-5-6-15-12-18(10-11-19(15)16)27(25,26)23-17-8-3-2-4-9-17/h2-12,21,23H,13-14H2,1H3,(H,22,24). The Morgan fingerprint density at radius 1 is 0.963 bits per heavy atom. The fraction of sp³-hybridized carbons (Fsp3) is 0.150. The van der Waals surface area contributed by atoms with Gasteiger partial charge in [-0.25, -0.2) is 8.42 Å². The number of sulfonamides is 1. The number of carbonyl (C=O) groups excluding carboxylic acids is 1. The molecular weight excluding hydrogens is 362 g/mol. The fourth-order valence-electron chi connectivity index (χ4n) is 2.79. The first-order valence-electron chi connectivity index (χ1n) is 8.50. The second kappa shape index (κ2) is 8.20. The molecule has 7 heteroatoms. The van der Waals surface area contributed by atoms with Crippen LogP contribution >= 0.6 is 0 Å². The number of amides is 1. The molecule has 140 valence electrons. The number of para-hydroxylation sites is 1. The van der Waals surface area contributed by atoms with E-state index in [1.54, 1.807) is 49.5 Å². The highest BCUT2D eigenvalue weighted by Crippen LogP contribution is 2.24. The molecule has 3 N–H and O–H groups in total. The van der Waals surface area contributed by atoms with Gasteiger partial charge in [-0.05, 0) is 47.6 Å². The maximum atomic E-state index is 12.6. The number of rotatable bonds is 7. The van der Waals surface area contributed by atoms with E-state index < -0.39 is 10.0 Å². The molecule has 3 rings (SSSR count). The minimum atomic E-state index is -3.68. The van der Waals surface area contributed by atoms with Gasteiger partial charge in [-0.1, -0.05) is 42.5 Å². The number of likely N-dealkylation sites (N-methyl/N-ethyl adjacent to an activating group) is 1. The second-order valence-electron chi connectivity index (χ2n) is 6.08. The van der Waals surface area contributed by atoms with Crippen LogP contribution in [0.2, 0.25) is 0 Å². The van der Waals surface area contributed by atoms with E-state index in [0.717, 1.165) is 16.3 Å². The Kier molecular flexibility index (Phi) is 5.73. The Bertz CT molecular complexity index is 1050. The number of fused-ring (bicyclic) bond motifs is 1. The van der Waals surface area contributed by atoms with Gasteiger partial charge in [0.05, 0.1) is 11.4 Å². The van der Waals surface area contributed by atoms with Crippen LogP contribution in [0, 0.1) is 0 Å². The van der Waals surface area contributed by atoms with E-state index in [-0.39, 0.29) is 17.3 Å². The van der Waals surface area contributed by atoms with Crippen molar-refractivity contribution in [3.63, 3.8) is 0 Å². The molecule has 0 saturated heterocycles. The lowest BCUT2D eigenvalue weighted by Gasteiger charge is -2.11. The molecular formula is C20H21N3O3S. The molecule has 0 aliphatic rings. The number of benzene rings is 3. The molecule has 27 heavy (non-hydrogen) atoms. The van der Waals surface area contributed by atoms with Gasteiger partial charge in [-0.15, -0.1) is 0 Å². The van der Waals surface area contributed by atoms with Crippen molar-refractivity contribution in [1.82, 2.24) is 10.6 Å². The Balaban J connectivity index is 1.86. The van der Waals surface area contributed by atoms with Crippen LogP contribution in [0.15, 0.2) is 71.6 Å². The summed E-state index contributed by atoms with van der Waals surface area (Å²) in [6.07, 6.45) is 0. The Labute approximate surface area is 158 Å². The maximum Gasteiger partial charge on any atom is 0.261 e. The molecule has 1 amide bonds. The molecule has 0 aromatic heterocycles. The molecule has 6 nitrogen and oxygen atoms in total. The molecule has 0 aliphatic heterocycles. The molecule has 3 aromatic rings. The molecule has 0 heterocycles. The molecule has 0 fully saturated rings. The number of anilines is 1. The van der Waals surface area contributed by atoms with Gasteiger partial charge < -0.3 is 10.6 Å². The minimum Gasteiger partial charge on any atom is -0.351 e. The number of hydrogen-bond donors (Lipinski definition) is 3. The molecule has 0 saturated carbocycles. The fourth-order valence-corrected chi connectivity index (χ4v) is 3.88. The van der Waals surface area contributed by atoms with Crippen LogP contribution in [-0.4, -0.2) is 27.9 Å². The average Bonchev–Trinajstić information content (AvgIpc) is 2.66. The summed E-state index contributed by atoms with van der Waals surface area (Å²) in [6.45, 7) is 0.629. The lowest BCUT2D eigenvalue weighted by molar-refractivity contribution is -0.120. The van der Waals surface area contributed by atoms with E-state index in [4.69, 9.17) is 0 Å². The first-order chi connectivity index (χ1) is 13.0. The van der Waals surface area contributed by atoms with Crippen molar-refractivity contribution >= 4 is 32.4 Å². The van der Waals surface area contributed by atoms with Crippen molar-refractivity contribution in [3.05, 3.63) is 72.3 Å². The molecule has 0 atom stereocenters. The van der Waals surface area contributed by atoms with Gasteiger partial charge in [0.25, 0.3) is 10.0 Å². The normalized spacial score (nSPS) is 11.3. The summed E-state index contributed by atoms with van der Waals surface area (Å²) in [4.78, 5) is 11.8. The van der Waals surface area contributed by atoms with E-state index >= 15 is 0 Å². The minimum absolute atomic E-state index is 0.0965. The summed E-state index contributed by atoms with van der Waals surface area (Å²) in [7, 11) is -1.97. The number of nitrogens with one attached hydrogen (secondary N) is 3. The van der Waals surface area contributed by atoms with Crippen molar-refractivity contribution in [2.24, 2.45) is 0 Å². The van der Waals surface area contributed by atoms with E-state index in [0.29, 0.717) is 12.2 Å². The van der Waals surface area contributed by atoms with Gasteiger partial charge in [-0.3, -0.25) is 9.52 Å². The van der Waals surface area contributed by atoms with Crippen LogP contribution in [0.1, 0.15) is 5.56 Å². The number of hydrogen-bond acceptors (Lipinski definition) is 4. The maximum absolute atomic E-state index is 12.6. The molecule has 0 spiro atoms. The Hall–Kier alpha value is -2.90. The van der Waals surface area contributed by atoms with Crippen LogP contribution in [0.25, 0.3) is 10.8 Å². The van der Waals surface area contributed by atoms with Gasteiger partial charge in [0.2, 0.25) is 5.91 Å². The SMILES string of the molecule is CNCC(=O)NCc1cccc2cc(S(=O)(=O)Nc3ccccc3)ccc12. The predicted octanol–water partition coefficient (Wildman–Crippen LogP) is 2.48. The second-order valence-corrected chi connectivity index (χ2v) is 7.76. The van der Waals surface area contributed by atoms with Crippen molar-refractivity contribution in [1.29, 1.82) is 0 Å². The van der Waals surface area contributed by atoms with E-state index in [1.807, 2.05) is 24.3 Å². The highest BCUT2D eigenvalue weighted by Gasteiger charge is 2.15. The zero-order valence-corrected chi connectivity index (χ0v) is 15.7. The van der Waals surface area contributed by atoms with Crippen LogP contribution in [0.5, 0.6) is 0 Å². The van der Waals surface area contributed by atoms with Gasteiger partial charge in [0, 0.05) is 12.2 Å². The Morgan fingerprint density at radius 3 is 2.48 bits per heavy atom. The van der Waals surface area contributed by atoms with E-state index in [1.165, 1.54) is 0 Å². The third-order valence-electron chi connectivity index (χ3n) is 4.09. The van der Waals surface area contributed by atoms with Crippen molar-refractivity contribution in [3.8, 4) is 0 Å². The van der Waals surface area contributed by atoms with Crippen molar-refractivity contribution in [2.75, 3.05) is 18.3 Å². The molecule has 3 aromatic carbocycles. The van der Waals surface area contributed by atoms with Gasteiger partial charge >= 0.3 is 0 Å². The summed E-state index contributed by atoms with van der Waals surface area (Å²) in [5, 5.41) is 7.34. The van der Waals surface area contributed by atoms with Crippen LogP contribution in [0.3, 0.4) is 0 Å². The summed E-state index contributed by atoms with van der Waals surface area (Å²) in [5.41, 5.74) is 1.44. The first kappa shape index (κ1) is 18.9. The molecule has 0 bridgehead atoms. The van der Waals surface area contributed by atoms with E-state index in [2.05, 4.69) is 15.4 Å². The number of carbonyl (C=O) groups is 1. The zero-order valence-electron chi connectivity index (χ0n) is 14.9. The quantitative estimate of drug-likeness (QED) is 0.585. The lowest BCUT2D eigenvalue weighted by Crippen LogP contribution is -2.31. The third kappa shape index (κ3) is 4.64. The Morgan fingerprint density at radius 2 is 1.74 bits per heavy atom. The van der Waals surface area contributed by atoms with Gasteiger partial charge in [-0.2, -0.15) is 0 Å². The highest BCUT2D eigenvalue weighted by atomic mass is 32.2. The van der Waals surface area contributed by atoms with Gasteiger partial charge in [0.1, 0.15) is 0 Å². The van der Waals surface area contributed by atoms with Crippen LogP contribution in [0.4, 0.5) is 5.69 Å².